The first-order valence-corrected chi connectivity index (χ1v) is 7.80. The molecule has 0 spiro atoms. The number of nitrogens with two attached hydrogens (primary N) is 1. The molecule has 0 atom stereocenters. The highest BCUT2D eigenvalue weighted by Crippen LogP contribution is 2.30. The molecule has 5 heteroatoms. The lowest BCUT2D eigenvalue weighted by atomic mass is 10.2. The molecule has 1 aliphatic rings. The number of hydrogen-bond donors (Lipinski definition) is 1. The van der Waals surface area contributed by atoms with E-state index in [2.05, 4.69) is 23.1 Å². The number of nitrogens with zero attached hydrogens (tertiary/aromatic N) is 3. The Morgan fingerprint density at radius 2 is 2.11 bits per heavy atom. The molecule has 2 rings (SSSR count). The molecule has 0 radical (unpaired) electrons. The van der Waals surface area contributed by atoms with Crippen molar-refractivity contribution in [2.75, 3.05) is 18.0 Å². The van der Waals surface area contributed by atoms with Gasteiger partial charge >= 0.3 is 0 Å². The van der Waals surface area contributed by atoms with Crippen molar-refractivity contribution in [3.63, 3.8) is 0 Å². The SMILES string of the molecule is CC(C)c1nsc(N(CCCN)C2CCCC2)n1. The van der Waals surface area contributed by atoms with Gasteiger partial charge in [-0.25, -0.2) is 4.98 Å². The zero-order chi connectivity index (χ0) is 13.0. The molecule has 102 valence electrons. The van der Waals surface area contributed by atoms with E-state index in [4.69, 9.17) is 10.7 Å². The number of anilines is 1. The minimum Gasteiger partial charge on any atom is -0.344 e. The van der Waals surface area contributed by atoms with Gasteiger partial charge in [0.1, 0.15) is 5.82 Å². The lowest BCUT2D eigenvalue weighted by molar-refractivity contribution is 0.590. The van der Waals surface area contributed by atoms with Gasteiger partial charge in [-0.3, -0.25) is 0 Å². The van der Waals surface area contributed by atoms with Crippen LogP contribution in [0.5, 0.6) is 0 Å². The first kappa shape index (κ1) is 13.7. The Bertz CT molecular complexity index is 358. The van der Waals surface area contributed by atoms with Gasteiger partial charge in [0.05, 0.1) is 0 Å². The topological polar surface area (TPSA) is 55.0 Å². The highest BCUT2D eigenvalue weighted by molar-refractivity contribution is 7.09. The van der Waals surface area contributed by atoms with Crippen molar-refractivity contribution in [1.29, 1.82) is 0 Å². The van der Waals surface area contributed by atoms with Crippen molar-refractivity contribution in [3.05, 3.63) is 5.82 Å². The van der Waals surface area contributed by atoms with Crippen molar-refractivity contribution in [3.8, 4) is 0 Å². The normalized spacial score (nSPS) is 16.7. The Hall–Kier alpha value is -0.680. The molecule has 1 aliphatic carbocycles. The zero-order valence-corrected chi connectivity index (χ0v) is 12.2. The Morgan fingerprint density at radius 1 is 1.39 bits per heavy atom. The molecule has 0 aromatic carbocycles. The van der Waals surface area contributed by atoms with Gasteiger partial charge in [-0.05, 0) is 25.8 Å². The molecule has 0 unspecified atom stereocenters. The fourth-order valence-electron chi connectivity index (χ4n) is 2.49. The van der Waals surface area contributed by atoms with Gasteiger partial charge in [-0.2, -0.15) is 4.37 Å². The summed E-state index contributed by atoms with van der Waals surface area (Å²) in [5.41, 5.74) is 5.65. The van der Waals surface area contributed by atoms with Crippen LogP contribution in [0.4, 0.5) is 5.13 Å². The summed E-state index contributed by atoms with van der Waals surface area (Å²) in [6, 6.07) is 0.657. The summed E-state index contributed by atoms with van der Waals surface area (Å²) in [7, 11) is 0. The highest BCUT2D eigenvalue weighted by atomic mass is 32.1. The third-order valence-electron chi connectivity index (χ3n) is 3.56. The van der Waals surface area contributed by atoms with Crippen LogP contribution in [0.25, 0.3) is 0 Å². The molecule has 1 heterocycles. The maximum absolute atomic E-state index is 5.65. The van der Waals surface area contributed by atoms with E-state index < -0.39 is 0 Å². The van der Waals surface area contributed by atoms with Crippen molar-refractivity contribution in [2.45, 2.75) is 57.9 Å². The quantitative estimate of drug-likeness (QED) is 0.862. The lowest BCUT2D eigenvalue weighted by Gasteiger charge is -2.28. The molecule has 18 heavy (non-hydrogen) atoms. The predicted octanol–water partition coefficient (Wildman–Crippen LogP) is 2.76. The van der Waals surface area contributed by atoms with Gasteiger partial charge in [-0.1, -0.05) is 26.7 Å². The predicted molar refractivity (Wildman–Crippen MR) is 77.3 cm³/mol. The molecular weight excluding hydrogens is 244 g/mol. The molecule has 0 bridgehead atoms. The van der Waals surface area contributed by atoms with Gasteiger partial charge in [0.2, 0.25) is 5.13 Å². The van der Waals surface area contributed by atoms with Crippen molar-refractivity contribution in [2.24, 2.45) is 5.73 Å². The Labute approximate surface area is 114 Å². The van der Waals surface area contributed by atoms with Gasteiger partial charge in [0.15, 0.2) is 0 Å². The molecule has 1 fully saturated rings. The van der Waals surface area contributed by atoms with E-state index >= 15 is 0 Å². The van der Waals surface area contributed by atoms with E-state index in [-0.39, 0.29) is 0 Å². The van der Waals surface area contributed by atoms with Crippen LogP contribution < -0.4 is 10.6 Å². The molecule has 0 saturated heterocycles. The Balaban J connectivity index is 2.10. The summed E-state index contributed by atoms with van der Waals surface area (Å²) < 4.78 is 4.47. The maximum atomic E-state index is 5.65. The second-order valence-electron chi connectivity index (χ2n) is 5.36. The molecule has 2 N–H and O–H groups in total. The van der Waals surface area contributed by atoms with E-state index in [1.54, 1.807) is 11.5 Å². The molecule has 1 aromatic rings. The summed E-state index contributed by atoms with van der Waals surface area (Å²) in [6.45, 7) is 6.06. The Morgan fingerprint density at radius 3 is 2.67 bits per heavy atom. The van der Waals surface area contributed by atoms with Gasteiger partial charge in [0, 0.05) is 30.0 Å². The first-order chi connectivity index (χ1) is 8.72. The Kier molecular flexibility index (Phi) is 4.95. The number of aromatic nitrogens is 2. The molecule has 0 aliphatic heterocycles. The highest BCUT2D eigenvalue weighted by Gasteiger charge is 2.25. The minimum atomic E-state index is 0.412. The summed E-state index contributed by atoms with van der Waals surface area (Å²) >= 11 is 1.55. The van der Waals surface area contributed by atoms with Gasteiger partial charge in [0.25, 0.3) is 0 Å². The molecule has 1 saturated carbocycles. The molecule has 4 nitrogen and oxygen atoms in total. The van der Waals surface area contributed by atoms with E-state index in [1.807, 2.05) is 0 Å². The van der Waals surface area contributed by atoms with E-state index in [0.717, 1.165) is 30.5 Å². The van der Waals surface area contributed by atoms with Crippen LogP contribution in [0.3, 0.4) is 0 Å². The molecule has 1 aromatic heterocycles. The van der Waals surface area contributed by atoms with Crippen LogP contribution in [0.15, 0.2) is 0 Å². The second-order valence-corrected chi connectivity index (χ2v) is 6.09. The standard InChI is InChI=1S/C13H24N4S/c1-10(2)12-15-13(18-16-12)17(9-5-8-14)11-6-3-4-7-11/h10-11H,3-9,14H2,1-2H3. The summed E-state index contributed by atoms with van der Waals surface area (Å²) in [5, 5.41) is 1.10. The van der Waals surface area contributed by atoms with Crippen LogP contribution in [-0.2, 0) is 0 Å². The zero-order valence-electron chi connectivity index (χ0n) is 11.4. The smallest absolute Gasteiger partial charge is 0.205 e. The molecule has 0 amide bonds. The average Bonchev–Trinajstić information content (AvgIpc) is 3.00. The minimum absolute atomic E-state index is 0.412. The van der Waals surface area contributed by atoms with Crippen molar-refractivity contribution in [1.82, 2.24) is 9.36 Å². The summed E-state index contributed by atoms with van der Waals surface area (Å²) in [5.74, 6) is 1.39. The van der Waals surface area contributed by atoms with Gasteiger partial charge in [-0.15, -0.1) is 0 Å². The third-order valence-corrected chi connectivity index (χ3v) is 4.33. The van der Waals surface area contributed by atoms with Crippen LogP contribution in [0.2, 0.25) is 0 Å². The first-order valence-electron chi connectivity index (χ1n) is 7.02. The van der Waals surface area contributed by atoms with Gasteiger partial charge < -0.3 is 10.6 Å². The third kappa shape index (κ3) is 3.20. The van der Waals surface area contributed by atoms with Crippen LogP contribution in [0, 0.1) is 0 Å². The van der Waals surface area contributed by atoms with Crippen molar-refractivity contribution < 1.29 is 0 Å². The van der Waals surface area contributed by atoms with E-state index in [1.165, 1.54) is 25.7 Å². The maximum Gasteiger partial charge on any atom is 0.205 e. The van der Waals surface area contributed by atoms with E-state index in [0.29, 0.717) is 12.0 Å². The van der Waals surface area contributed by atoms with Crippen LogP contribution in [-0.4, -0.2) is 28.5 Å². The number of rotatable bonds is 6. The van der Waals surface area contributed by atoms with E-state index in [9.17, 15) is 0 Å². The second kappa shape index (κ2) is 6.48. The fraction of sp³-hybridized carbons (Fsp3) is 0.846. The van der Waals surface area contributed by atoms with Crippen LogP contribution >= 0.6 is 11.5 Å². The van der Waals surface area contributed by atoms with Crippen LogP contribution in [0.1, 0.15) is 57.7 Å². The number of hydrogen-bond acceptors (Lipinski definition) is 5. The summed E-state index contributed by atoms with van der Waals surface area (Å²) in [4.78, 5) is 7.15. The fourth-order valence-corrected chi connectivity index (χ4v) is 3.40. The average molecular weight is 268 g/mol. The monoisotopic (exact) mass is 268 g/mol. The molecular formula is C13H24N4S. The lowest BCUT2D eigenvalue weighted by Crippen LogP contribution is -2.35. The van der Waals surface area contributed by atoms with Crippen molar-refractivity contribution >= 4 is 16.7 Å². The summed E-state index contributed by atoms with van der Waals surface area (Å²) in [6.07, 6.45) is 6.31. The largest absolute Gasteiger partial charge is 0.344 e.